The Morgan fingerprint density at radius 3 is 2.73 bits per heavy atom. The number of hydrogen-bond donors (Lipinski definition) is 1. The molecule has 2 heterocycles. The van der Waals surface area contributed by atoms with Crippen molar-refractivity contribution in [2.75, 3.05) is 5.32 Å². The fourth-order valence-electron chi connectivity index (χ4n) is 2.66. The quantitative estimate of drug-likeness (QED) is 0.624. The van der Waals surface area contributed by atoms with Gasteiger partial charge in [0.2, 0.25) is 0 Å². The third-order valence-corrected chi connectivity index (χ3v) is 5.43. The second kappa shape index (κ2) is 6.23. The van der Waals surface area contributed by atoms with E-state index in [1.54, 1.807) is 4.68 Å². The summed E-state index contributed by atoms with van der Waals surface area (Å²) in [6.07, 6.45) is 2.54. The van der Waals surface area contributed by atoms with Gasteiger partial charge in [-0.1, -0.05) is 0 Å². The summed E-state index contributed by atoms with van der Waals surface area (Å²) >= 11 is 0. The Hall–Kier alpha value is -2.70. The van der Waals surface area contributed by atoms with Gasteiger partial charge in [-0.15, -0.1) is 0 Å². The minimum Gasteiger partial charge on any atom is -0.375 e. The summed E-state index contributed by atoms with van der Waals surface area (Å²) in [5, 5.41) is 18.1. The maximum Gasteiger partial charge on any atom is 0.501 e. The average Bonchev–Trinajstić information content (AvgIpc) is 3.01. The Morgan fingerprint density at radius 1 is 1.35 bits per heavy atom. The third-order valence-electron chi connectivity index (χ3n) is 3.95. The zero-order valence-electron chi connectivity index (χ0n) is 13.0. The molecule has 26 heavy (non-hydrogen) atoms. The number of alkyl halides is 3. The lowest BCUT2D eigenvalue weighted by Crippen LogP contribution is -2.32. The Morgan fingerprint density at radius 2 is 2.08 bits per heavy atom. The van der Waals surface area contributed by atoms with Crippen LogP contribution >= 0.6 is 0 Å². The number of nitrogens with one attached hydrogen (secondary N) is 1. The number of benzene rings is 1. The number of nitrogens with zero attached hydrogens (tertiary/aromatic N) is 4. The molecule has 2 aromatic rings. The molecular formula is C13H12F3N5O4S. The van der Waals surface area contributed by atoms with E-state index in [4.69, 9.17) is 0 Å². The molecule has 13 heteroatoms. The number of fused-ring (bicyclic) bond motifs is 1. The van der Waals surface area contributed by atoms with Crippen LogP contribution in [0.4, 0.5) is 24.5 Å². The lowest BCUT2D eigenvalue weighted by atomic mass is 10.1. The van der Waals surface area contributed by atoms with Crippen molar-refractivity contribution < 1.29 is 26.5 Å². The van der Waals surface area contributed by atoms with Crippen LogP contribution in [0.1, 0.15) is 12.2 Å². The number of aromatic nitrogens is 3. The fraction of sp³-hybridized carbons (Fsp3) is 0.385. The lowest BCUT2D eigenvalue weighted by Gasteiger charge is -2.24. The van der Waals surface area contributed by atoms with Crippen LogP contribution in [0.5, 0.6) is 0 Å². The van der Waals surface area contributed by atoms with Gasteiger partial charge >= 0.3 is 5.51 Å². The lowest BCUT2D eigenvalue weighted by molar-refractivity contribution is -0.384. The maximum atomic E-state index is 12.6. The zero-order valence-corrected chi connectivity index (χ0v) is 13.8. The summed E-state index contributed by atoms with van der Waals surface area (Å²) in [5.74, 6) is 0.768. The number of nitro benzene ring substituents is 1. The smallest absolute Gasteiger partial charge is 0.375 e. The highest BCUT2D eigenvalue weighted by Gasteiger charge is 2.47. The van der Waals surface area contributed by atoms with Gasteiger partial charge in [0, 0.05) is 18.5 Å². The van der Waals surface area contributed by atoms with Crippen molar-refractivity contribution in [2.24, 2.45) is 0 Å². The Kier molecular flexibility index (Phi) is 4.34. The van der Waals surface area contributed by atoms with E-state index in [0.717, 1.165) is 11.9 Å². The first-order valence-electron chi connectivity index (χ1n) is 7.32. The van der Waals surface area contributed by atoms with Gasteiger partial charge in [-0.05, 0) is 18.6 Å². The van der Waals surface area contributed by atoms with E-state index in [1.807, 2.05) is 0 Å². The molecule has 3 rings (SSSR count). The average molecular weight is 391 g/mol. The molecule has 0 aliphatic carbocycles. The van der Waals surface area contributed by atoms with E-state index in [9.17, 15) is 31.7 Å². The Labute approximate surface area is 144 Å². The van der Waals surface area contributed by atoms with Crippen LogP contribution in [-0.2, 0) is 22.8 Å². The van der Waals surface area contributed by atoms with Crippen LogP contribution in [0.15, 0.2) is 29.4 Å². The summed E-state index contributed by atoms with van der Waals surface area (Å²) in [5.41, 5.74) is -6.35. The van der Waals surface area contributed by atoms with E-state index >= 15 is 0 Å². The van der Waals surface area contributed by atoms with E-state index < -0.39 is 30.9 Å². The van der Waals surface area contributed by atoms with Gasteiger partial charge in [-0.2, -0.15) is 18.3 Å². The maximum absolute atomic E-state index is 12.6. The molecule has 1 aromatic carbocycles. The van der Waals surface area contributed by atoms with Gasteiger partial charge in [-0.25, -0.2) is 18.1 Å². The second-order valence-corrected chi connectivity index (χ2v) is 7.56. The molecule has 0 saturated heterocycles. The monoisotopic (exact) mass is 391 g/mol. The normalized spacial score (nSPS) is 17.6. The van der Waals surface area contributed by atoms with Crippen LogP contribution in [0, 0.1) is 10.1 Å². The summed E-state index contributed by atoms with van der Waals surface area (Å²) in [4.78, 5) is 13.2. The molecule has 0 radical (unpaired) electrons. The van der Waals surface area contributed by atoms with Gasteiger partial charge in [0.15, 0.2) is 0 Å². The Bertz CT molecular complexity index is 957. The predicted molar refractivity (Wildman–Crippen MR) is 82.1 cm³/mol. The number of nitro groups is 1. The van der Waals surface area contributed by atoms with Crippen LogP contribution in [0.3, 0.4) is 0 Å². The first-order chi connectivity index (χ1) is 12.1. The van der Waals surface area contributed by atoms with Crippen molar-refractivity contribution in [3.63, 3.8) is 0 Å². The highest BCUT2D eigenvalue weighted by molar-refractivity contribution is 7.92. The molecule has 1 aromatic heterocycles. The molecule has 140 valence electrons. The van der Waals surface area contributed by atoms with Crippen LogP contribution in [0.25, 0.3) is 0 Å². The molecule has 9 nitrogen and oxygen atoms in total. The number of aryl methyl sites for hydroxylation is 1. The molecule has 0 fully saturated rings. The van der Waals surface area contributed by atoms with Gasteiger partial charge in [0.25, 0.3) is 15.5 Å². The molecule has 0 spiro atoms. The van der Waals surface area contributed by atoms with Gasteiger partial charge in [0.1, 0.15) is 17.8 Å². The summed E-state index contributed by atoms with van der Waals surface area (Å²) < 4.78 is 62.5. The van der Waals surface area contributed by atoms with Gasteiger partial charge < -0.3 is 5.32 Å². The van der Waals surface area contributed by atoms with Crippen molar-refractivity contribution in [2.45, 2.75) is 35.8 Å². The highest BCUT2D eigenvalue weighted by atomic mass is 32.2. The van der Waals surface area contributed by atoms with Crippen molar-refractivity contribution in [1.29, 1.82) is 0 Å². The largest absolute Gasteiger partial charge is 0.501 e. The van der Waals surface area contributed by atoms with E-state index in [2.05, 4.69) is 15.4 Å². The highest BCUT2D eigenvalue weighted by Crippen LogP contribution is 2.35. The van der Waals surface area contributed by atoms with Crippen LogP contribution in [0.2, 0.25) is 0 Å². The Balaban J connectivity index is 1.90. The van der Waals surface area contributed by atoms with Gasteiger partial charge in [-0.3, -0.25) is 10.1 Å². The minimum absolute atomic E-state index is 0.0651. The predicted octanol–water partition coefficient (Wildman–Crippen LogP) is 1.91. The summed E-state index contributed by atoms with van der Waals surface area (Å²) in [6, 6.07) is 1.80. The zero-order chi connectivity index (χ0) is 19.1. The van der Waals surface area contributed by atoms with Crippen molar-refractivity contribution in [1.82, 2.24) is 14.8 Å². The van der Waals surface area contributed by atoms with Crippen molar-refractivity contribution >= 4 is 21.2 Å². The van der Waals surface area contributed by atoms with Crippen molar-refractivity contribution in [3.8, 4) is 0 Å². The van der Waals surface area contributed by atoms with E-state index in [0.29, 0.717) is 31.5 Å². The molecule has 1 atom stereocenters. The second-order valence-electron chi connectivity index (χ2n) is 5.62. The molecular weight excluding hydrogens is 379 g/mol. The summed E-state index contributed by atoms with van der Waals surface area (Å²) in [7, 11) is -5.67. The molecule has 0 amide bonds. The molecule has 0 saturated carbocycles. The van der Waals surface area contributed by atoms with Crippen molar-refractivity contribution in [3.05, 3.63) is 40.5 Å². The number of hydrogen-bond acceptors (Lipinski definition) is 7. The fourth-order valence-corrected chi connectivity index (χ4v) is 3.44. The van der Waals surface area contributed by atoms with Crippen LogP contribution < -0.4 is 5.32 Å². The van der Waals surface area contributed by atoms with Gasteiger partial charge in [0.05, 0.1) is 16.4 Å². The first kappa shape index (κ1) is 18.1. The molecule has 1 aliphatic rings. The standard InChI is InChI=1S/C13H12F3N5O4S/c14-13(15,16)26(24,25)9-2-3-10(11(5-9)21(22)23)19-8-1-4-12-17-7-18-20(12)6-8/h2-3,5,7-8,19H,1,4,6H2. The molecule has 1 aliphatic heterocycles. The SMILES string of the molecule is O=[N+]([O-])c1cc(S(=O)(=O)C(F)(F)F)ccc1NC1CCc2ncnn2C1. The third kappa shape index (κ3) is 3.21. The number of anilines is 1. The number of halogens is 3. The molecule has 1 unspecified atom stereocenters. The molecule has 0 bridgehead atoms. The summed E-state index contributed by atoms with van der Waals surface area (Å²) in [6.45, 7) is 0.370. The van der Waals surface area contributed by atoms with Crippen LogP contribution in [-0.4, -0.2) is 39.7 Å². The van der Waals surface area contributed by atoms with E-state index in [-0.39, 0.29) is 11.7 Å². The molecule has 1 N–H and O–H groups in total. The number of sulfone groups is 1. The first-order valence-corrected chi connectivity index (χ1v) is 8.81. The van der Waals surface area contributed by atoms with E-state index in [1.165, 1.54) is 6.33 Å². The minimum atomic E-state index is -5.67. The topological polar surface area (TPSA) is 120 Å². The number of rotatable bonds is 4.